The maximum Gasteiger partial charge on any atom is 0.124 e. The Morgan fingerprint density at radius 3 is 2.52 bits per heavy atom. The topological polar surface area (TPSA) is 44.5 Å². The molecule has 1 aliphatic rings. The van der Waals surface area contributed by atoms with E-state index in [1.165, 1.54) is 11.1 Å². The van der Waals surface area contributed by atoms with Gasteiger partial charge in [-0.25, -0.2) is 0 Å². The second-order valence-electron chi connectivity index (χ2n) is 5.47. The monoisotopic (exact) mass is 283 g/mol. The van der Waals surface area contributed by atoms with E-state index in [-0.39, 0.29) is 0 Å². The van der Waals surface area contributed by atoms with Crippen molar-refractivity contribution in [1.82, 2.24) is 0 Å². The largest absolute Gasteiger partial charge is 0.491 e. The van der Waals surface area contributed by atoms with Crippen LogP contribution in [0.4, 0.5) is 0 Å². The Kier molecular flexibility index (Phi) is 3.95. The molecule has 110 valence electrons. The summed E-state index contributed by atoms with van der Waals surface area (Å²) in [7, 11) is 1.67. The molecule has 0 radical (unpaired) electrons. The number of ether oxygens (including phenoxy) is 2. The number of benzene rings is 2. The number of aryl methyl sites for hydroxylation is 1. The van der Waals surface area contributed by atoms with Crippen molar-refractivity contribution in [2.45, 2.75) is 18.4 Å². The lowest BCUT2D eigenvalue weighted by Gasteiger charge is -2.28. The highest BCUT2D eigenvalue weighted by Crippen LogP contribution is 2.43. The molecule has 3 rings (SSSR count). The fraction of sp³-hybridized carbons (Fsp3) is 0.333. The number of fused-ring (bicyclic) bond motifs is 1. The van der Waals surface area contributed by atoms with Crippen LogP contribution < -0.4 is 10.5 Å². The summed E-state index contributed by atoms with van der Waals surface area (Å²) in [6.07, 6.45) is 1.93. The Morgan fingerprint density at radius 2 is 1.71 bits per heavy atom. The van der Waals surface area contributed by atoms with Gasteiger partial charge in [0.25, 0.3) is 0 Å². The van der Waals surface area contributed by atoms with Gasteiger partial charge in [-0.05, 0) is 30.0 Å². The van der Waals surface area contributed by atoms with Gasteiger partial charge >= 0.3 is 0 Å². The fourth-order valence-electron chi connectivity index (χ4n) is 3.12. The second-order valence-corrected chi connectivity index (χ2v) is 5.47. The van der Waals surface area contributed by atoms with Crippen LogP contribution in [0.15, 0.2) is 48.5 Å². The number of methoxy groups -OCH3 is 1. The molecule has 0 amide bonds. The van der Waals surface area contributed by atoms with E-state index in [9.17, 15) is 0 Å². The van der Waals surface area contributed by atoms with Gasteiger partial charge in [-0.1, -0.05) is 42.5 Å². The summed E-state index contributed by atoms with van der Waals surface area (Å²) in [5.74, 6) is 0.855. The van der Waals surface area contributed by atoms with Crippen LogP contribution >= 0.6 is 0 Å². The highest BCUT2D eigenvalue weighted by molar-refractivity contribution is 5.51. The summed E-state index contributed by atoms with van der Waals surface area (Å²) in [5, 5.41) is 0. The van der Waals surface area contributed by atoms with Crippen molar-refractivity contribution >= 4 is 0 Å². The van der Waals surface area contributed by atoms with Crippen molar-refractivity contribution in [1.29, 1.82) is 0 Å². The Balaban J connectivity index is 1.97. The summed E-state index contributed by atoms with van der Waals surface area (Å²) < 4.78 is 10.9. The van der Waals surface area contributed by atoms with E-state index in [2.05, 4.69) is 30.3 Å². The van der Waals surface area contributed by atoms with E-state index >= 15 is 0 Å². The molecule has 0 saturated carbocycles. The third-order valence-electron chi connectivity index (χ3n) is 4.20. The Hall–Kier alpha value is -1.84. The van der Waals surface area contributed by atoms with E-state index in [1.807, 2.05) is 18.2 Å². The van der Waals surface area contributed by atoms with Crippen molar-refractivity contribution in [2.75, 3.05) is 20.3 Å². The van der Waals surface area contributed by atoms with Gasteiger partial charge in [-0.3, -0.25) is 0 Å². The lowest BCUT2D eigenvalue weighted by atomic mass is 9.84. The van der Waals surface area contributed by atoms with Crippen LogP contribution in [-0.2, 0) is 16.7 Å². The minimum atomic E-state index is -0.458. The maximum absolute atomic E-state index is 6.79. The van der Waals surface area contributed by atoms with Gasteiger partial charge in [0.05, 0.1) is 12.1 Å². The van der Waals surface area contributed by atoms with Crippen LogP contribution in [0.3, 0.4) is 0 Å². The molecule has 2 aromatic rings. The number of rotatable bonds is 5. The number of nitrogens with two attached hydrogens (primary N) is 1. The predicted molar refractivity (Wildman–Crippen MR) is 83.5 cm³/mol. The van der Waals surface area contributed by atoms with E-state index in [0.29, 0.717) is 13.2 Å². The predicted octanol–water partition coefficient (Wildman–Crippen LogP) is 2.86. The van der Waals surface area contributed by atoms with E-state index in [0.717, 1.165) is 24.2 Å². The molecule has 0 fully saturated rings. The molecular weight excluding hydrogens is 262 g/mol. The second kappa shape index (κ2) is 5.88. The number of hydrogen-bond acceptors (Lipinski definition) is 3. The molecule has 0 bridgehead atoms. The minimum Gasteiger partial charge on any atom is -0.491 e. The SMILES string of the molecule is COCCOc1ccccc1C1(N)CCc2ccccc21. The van der Waals surface area contributed by atoms with E-state index < -0.39 is 5.54 Å². The first-order valence-electron chi connectivity index (χ1n) is 7.34. The van der Waals surface area contributed by atoms with Gasteiger partial charge in [-0.15, -0.1) is 0 Å². The van der Waals surface area contributed by atoms with E-state index in [4.69, 9.17) is 15.2 Å². The van der Waals surface area contributed by atoms with Crippen molar-refractivity contribution in [3.63, 3.8) is 0 Å². The molecule has 21 heavy (non-hydrogen) atoms. The first-order chi connectivity index (χ1) is 10.3. The van der Waals surface area contributed by atoms with Crippen LogP contribution in [0, 0.1) is 0 Å². The van der Waals surface area contributed by atoms with Crippen molar-refractivity contribution in [3.05, 3.63) is 65.2 Å². The van der Waals surface area contributed by atoms with E-state index in [1.54, 1.807) is 7.11 Å². The molecule has 3 heteroatoms. The minimum absolute atomic E-state index is 0.458. The average molecular weight is 283 g/mol. The zero-order valence-electron chi connectivity index (χ0n) is 12.3. The van der Waals surface area contributed by atoms with Gasteiger partial charge in [0.1, 0.15) is 12.4 Å². The molecule has 1 aliphatic carbocycles. The van der Waals surface area contributed by atoms with Gasteiger partial charge in [0.2, 0.25) is 0 Å². The van der Waals surface area contributed by atoms with Crippen molar-refractivity contribution in [3.8, 4) is 5.75 Å². The summed E-state index contributed by atoms with van der Waals surface area (Å²) in [6, 6.07) is 16.5. The molecule has 1 atom stereocenters. The molecular formula is C18H21NO2. The van der Waals surface area contributed by atoms with Crippen LogP contribution in [-0.4, -0.2) is 20.3 Å². The molecule has 2 N–H and O–H groups in total. The molecule has 0 aromatic heterocycles. The fourth-order valence-corrected chi connectivity index (χ4v) is 3.12. The number of para-hydroxylation sites is 1. The van der Waals surface area contributed by atoms with Crippen molar-refractivity contribution < 1.29 is 9.47 Å². The molecule has 0 saturated heterocycles. The Bertz CT molecular complexity index is 626. The number of hydrogen-bond donors (Lipinski definition) is 1. The van der Waals surface area contributed by atoms with Gasteiger partial charge in [0, 0.05) is 12.7 Å². The molecule has 0 spiro atoms. The average Bonchev–Trinajstić information content (AvgIpc) is 2.87. The molecule has 0 aliphatic heterocycles. The van der Waals surface area contributed by atoms with Crippen LogP contribution in [0.1, 0.15) is 23.1 Å². The van der Waals surface area contributed by atoms with Gasteiger partial charge < -0.3 is 15.2 Å². The standard InChI is InChI=1S/C18H21NO2/c1-20-12-13-21-17-9-5-4-8-16(17)18(19)11-10-14-6-2-3-7-15(14)18/h2-9H,10-13,19H2,1H3. The molecule has 3 nitrogen and oxygen atoms in total. The van der Waals surface area contributed by atoms with Crippen molar-refractivity contribution in [2.24, 2.45) is 5.73 Å². The highest BCUT2D eigenvalue weighted by Gasteiger charge is 2.38. The zero-order valence-corrected chi connectivity index (χ0v) is 12.3. The van der Waals surface area contributed by atoms with Gasteiger partial charge in [0.15, 0.2) is 0 Å². The first-order valence-corrected chi connectivity index (χ1v) is 7.34. The summed E-state index contributed by atoms with van der Waals surface area (Å²) in [6.45, 7) is 1.10. The summed E-state index contributed by atoms with van der Waals surface area (Å²) in [5.41, 5.74) is 9.94. The summed E-state index contributed by atoms with van der Waals surface area (Å²) >= 11 is 0. The first kappa shape index (κ1) is 14.1. The quantitative estimate of drug-likeness (QED) is 0.858. The molecule has 0 heterocycles. The van der Waals surface area contributed by atoms with Crippen LogP contribution in [0.25, 0.3) is 0 Å². The maximum atomic E-state index is 6.79. The molecule has 2 aromatic carbocycles. The van der Waals surface area contributed by atoms with Crippen LogP contribution in [0.5, 0.6) is 5.75 Å². The summed E-state index contributed by atoms with van der Waals surface area (Å²) in [4.78, 5) is 0. The smallest absolute Gasteiger partial charge is 0.124 e. The van der Waals surface area contributed by atoms with Crippen LogP contribution in [0.2, 0.25) is 0 Å². The zero-order chi connectivity index (χ0) is 14.7. The Labute approximate surface area is 125 Å². The lowest BCUT2D eigenvalue weighted by molar-refractivity contribution is 0.145. The Morgan fingerprint density at radius 1 is 1.00 bits per heavy atom. The third kappa shape index (κ3) is 2.55. The normalized spacial score (nSPS) is 20.3. The highest BCUT2D eigenvalue weighted by atomic mass is 16.5. The molecule has 1 unspecified atom stereocenters. The third-order valence-corrected chi connectivity index (χ3v) is 4.20. The van der Waals surface area contributed by atoms with Gasteiger partial charge in [-0.2, -0.15) is 0 Å². The lowest BCUT2D eigenvalue weighted by Crippen LogP contribution is -2.36.